The number of carbonyl (C=O) groups is 1. The molecule has 2 N–H and O–H groups in total. The normalized spacial score (nSPS) is 17.3. The lowest BCUT2D eigenvalue weighted by Crippen LogP contribution is -2.33. The fraction of sp³-hybridized carbons (Fsp3) is 0.375. The summed E-state index contributed by atoms with van der Waals surface area (Å²) in [5.41, 5.74) is 1.37. The molecule has 1 aliphatic rings. The molecule has 0 radical (unpaired) electrons. The number of likely N-dealkylation sites (tertiary alicyclic amines) is 1. The second-order valence-corrected chi connectivity index (χ2v) is 5.64. The Morgan fingerprint density at radius 3 is 3.00 bits per heavy atom. The lowest BCUT2D eigenvalue weighted by atomic mass is 10.1. The third-order valence-corrected chi connectivity index (χ3v) is 4.04. The predicted molar refractivity (Wildman–Crippen MR) is 86.4 cm³/mol. The summed E-state index contributed by atoms with van der Waals surface area (Å²) in [7, 11) is 1.81. The topological polar surface area (TPSA) is 91.0 Å². The van der Waals surface area contributed by atoms with E-state index in [2.05, 4.69) is 20.3 Å². The number of aryl methyl sites for hydroxylation is 1. The second kappa shape index (κ2) is 6.20. The van der Waals surface area contributed by atoms with Crippen molar-refractivity contribution in [2.24, 2.45) is 0 Å². The second-order valence-electron chi connectivity index (χ2n) is 5.64. The molecule has 7 heteroatoms. The third kappa shape index (κ3) is 3.08. The summed E-state index contributed by atoms with van der Waals surface area (Å²) in [6.07, 6.45) is 3.55. The number of aromatic amines is 1. The van der Waals surface area contributed by atoms with Gasteiger partial charge in [0.25, 0.3) is 5.91 Å². The number of carbonyl (C=O) groups excluding carboxylic acids is 1. The molecule has 2 aromatic rings. The number of nitrogens with zero attached hydrogens (tertiary/aromatic N) is 3. The molecular weight excluding hydrogens is 294 g/mol. The molecule has 2 aromatic heterocycles. The summed E-state index contributed by atoms with van der Waals surface area (Å²) in [5.74, 6) is 0.566. The molecule has 0 unspecified atom stereocenters. The van der Waals surface area contributed by atoms with Crippen LogP contribution in [0.1, 0.15) is 40.6 Å². The molecule has 120 valence electrons. The molecule has 3 rings (SSSR count). The average molecular weight is 313 g/mol. The molecule has 3 heterocycles. The minimum absolute atomic E-state index is 0.0148. The first-order valence-corrected chi connectivity index (χ1v) is 7.61. The SMILES string of the molecule is CNc1cc([C@@H]2CCCN2C(=O)c2cc(C)[nH]c(=O)n2)ccn1. The highest BCUT2D eigenvalue weighted by atomic mass is 16.2. The molecule has 0 bridgehead atoms. The van der Waals surface area contributed by atoms with Crippen molar-refractivity contribution in [3.05, 3.63) is 51.8 Å². The highest BCUT2D eigenvalue weighted by Gasteiger charge is 2.31. The van der Waals surface area contributed by atoms with E-state index < -0.39 is 5.69 Å². The molecule has 7 nitrogen and oxygen atoms in total. The van der Waals surface area contributed by atoms with E-state index in [1.807, 2.05) is 19.2 Å². The van der Waals surface area contributed by atoms with Crippen LogP contribution in [0.15, 0.2) is 29.2 Å². The quantitative estimate of drug-likeness (QED) is 0.896. The van der Waals surface area contributed by atoms with Crippen molar-refractivity contribution in [2.75, 3.05) is 18.9 Å². The molecule has 0 aliphatic carbocycles. The lowest BCUT2D eigenvalue weighted by molar-refractivity contribution is 0.0729. The van der Waals surface area contributed by atoms with Crippen LogP contribution in [-0.2, 0) is 0 Å². The minimum atomic E-state index is -0.495. The summed E-state index contributed by atoms with van der Waals surface area (Å²) in [6.45, 7) is 2.40. The number of rotatable bonds is 3. The van der Waals surface area contributed by atoms with Gasteiger partial charge in [0.15, 0.2) is 0 Å². The monoisotopic (exact) mass is 313 g/mol. The molecule has 0 spiro atoms. The van der Waals surface area contributed by atoms with Gasteiger partial charge >= 0.3 is 5.69 Å². The lowest BCUT2D eigenvalue weighted by Gasteiger charge is -2.25. The molecule has 0 saturated carbocycles. The first kappa shape index (κ1) is 15.2. The van der Waals surface area contributed by atoms with Crippen molar-refractivity contribution in [2.45, 2.75) is 25.8 Å². The van der Waals surface area contributed by atoms with Crippen LogP contribution in [0.5, 0.6) is 0 Å². The van der Waals surface area contributed by atoms with Crippen molar-refractivity contribution in [1.29, 1.82) is 0 Å². The van der Waals surface area contributed by atoms with Crippen molar-refractivity contribution in [3.8, 4) is 0 Å². The molecule has 1 atom stereocenters. The van der Waals surface area contributed by atoms with E-state index in [0.29, 0.717) is 12.2 Å². The minimum Gasteiger partial charge on any atom is -0.373 e. The van der Waals surface area contributed by atoms with Gasteiger partial charge in [-0.1, -0.05) is 0 Å². The summed E-state index contributed by atoms with van der Waals surface area (Å²) in [5, 5.41) is 3.01. The molecule has 1 saturated heterocycles. The van der Waals surface area contributed by atoms with E-state index >= 15 is 0 Å². The number of pyridine rings is 1. The van der Waals surface area contributed by atoms with E-state index in [4.69, 9.17) is 0 Å². The molecule has 23 heavy (non-hydrogen) atoms. The van der Waals surface area contributed by atoms with Crippen LogP contribution in [0.3, 0.4) is 0 Å². The first-order valence-electron chi connectivity index (χ1n) is 7.61. The Bertz CT molecular complexity index is 786. The van der Waals surface area contributed by atoms with E-state index in [9.17, 15) is 9.59 Å². The van der Waals surface area contributed by atoms with Crippen LogP contribution in [-0.4, -0.2) is 39.4 Å². The van der Waals surface area contributed by atoms with Gasteiger partial charge in [-0.25, -0.2) is 9.78 Å². The summed E-state index contributed by atoms with van der Waals surface area (Å²) in [6, 6.07) is 5.48. The van der Waals surface area contributed by atoms with E-state index in [0.717, 1.165) is 24.2 Å². The number of hydrogen-bond donors (Lipinski definition) is 2. The van der Waals surface area contributed by atoms with Gasteiger partial charge in [-0.3, -0.25) is 4.79 Å². The van der Waals surface area contributed by atoms with Crippen LogP contribution >= 0.6 is 0 Å². The zero-order chi connectivity index (χ0) is 16.4. The van der Waals surface area contributed by atoms with Gasteiger partial charge in [-0.15, -0.1) is 0 Å². The maximum atomic E-state index is 12.8. The molecule has 1 fully saturated rings. The number of amides is 1. The van der Waals surface area contributed by atoms with Crippen LogP contribution in [0.2, 0.25) is 0 Å². The number of nitrogens with one attached hydrogen (secondary N) is 2. The predicted octanol–water partition coefficient (Wildman–Crippen LogP) is 1.49. The number of anilines is 1. The Labute approximate surface area is 133 Å². The van der Waals surface area contributed by atoms with Crippen LogP contribution in [0.25, 0.3) is 0 Å². The Hall–Kier alpha value is -2.70. The van der Waals surface area contributed by atoms with Gasteiger partial charge in [0.05, 0.1) is 6.04 Å². The average Bonchev–Trinajstić information content (AvgIpc) is 3.03. The third-order valence-electron chi connectivity index (χ3n) is 4.04. The number of H-pyrrole nitrogens is 1. The Morgan fingerprint density at radius 1 is 1.43 bits per heavy atom. The number of aromatic nitrogens is 3. The summed E-state index contributed by atoms with van der Waals surface area (Å²) >= 11 is 0. The summed E-state index contributed by atoms with van der Waals surface area (Å²) < 4.78 is 0. The highest BCUT2D eigenvalue weighted by Crippen LogP contribution is 2.33. The van der Waals surface area contributed by atoms with Crippen molar-refractivity contribution in [1.82, 2.24) is 19.9 Å². The zero-order valence-electron chi connectivity index (χ0n) is 13.2. The van der Waals surface area contributed by atoms with Gasteiger partial charge in [-0.2, -0.15) is 4.98 Å². The van der Waals surface area contributed by atoms with E-state index in [1.165, 1.54) is 0 Å². The van der Waals surface area contributed by atoms with E-state index in [-0.39, 0.29) is 17.6 Å². The first-order chi connectivity index (χ1) is 11.1. The smallest absolute Gasteiger partial charge is 0.345 e. The highest BCUT2D eigenvalue weighted by molar-refractivity contribution is 5.92. The molecule has 1 amide bonds. The zero-order valence-corrected chi connectivity index (χ0v) is 13.2. The maximum Gasteiger partial charge on any atom is 0.345 e. The van der Waals surface area contributed by atoms with Crippen molar-refractivity contribution < 1.29 is 4.79 Å². The number of hydrogen-bond acceptors (Lipinski definition) is 5. The largest absolute Gasteiger partial charge is 0.373 e. The van der Waals surface area contributed by atoms with Crippen LogP contribution in [0.4, 0.5) is 5.82 Å². The summed E-state index contributed by atoms with van der Waals surface area (Å²) in [4.78, 5) is 36.6. The maximum absolute atomic E-state index is 12.8. The van der Waals surface area contributed by atoms with Gasteiger partial charge in [0.2, 0.25) is 0 Å². The van der Waals surface area contributed by atoms with Crippen molar-refractivity contribution >= 4 is 11.7 Å². The fourth-order valence-electron chi connectivity index (χ4n) is 2.98. The van der Waals surface area contributed by atoms with Gasteiger partial charge in [-0.05, 0) is 43.5 Å². The Morgan fingerprint density at radius 2 is 2.26 bits per heavy atom. The standard InChI is InChI=1S/C16H19N5O2/c1-10-8-12(20-16(23)19-10)15(22)21-7-3-4-13(21)11-5-6-18-14(9-11)17-2/h5-6,8-9,13H,3-4,7H2,1-2H3,(H,17,18)(H,19,20,23)/t13-/m0/s1. The van der Waals surface area contributed by atoms with Crippen LogP contribution < -0.4 is 11.0 Å². The van der Waals surface area contributed by atoms with Gasteiger partial charge in [0.1, 0.15) is 11.5 Å². The van der Waals surface area contributed by atoms with Gasteiger partial charge in [0, 0.05) is 25.5 Å². The van der Waals surface area contributed by atoms with Crippen molar-refractivity contribution in [3.63, 3.8) is 0 Å². The Kier molecular flexibility index (Phi) is 4.10. The molecular formula is C16H19N5O2. The fourth-order valence-corrected chi connectivity index (χ4v) is 2.98. The molecule has 1 aliphatic heterocycles. The molecule has 0 aromatic carbocycles. The van der Waals surface area contributed by atoms with Crippen LogP contribution in [0, 0.1) is 6.92 Å². The Balaban J connectivity index is 1.91. The van der Waals surface area contributed by atoms with Gasteiger partial charge < -0.3 is 15.2 Å². The van der Waals surface area contributed by atoms with E-state index in [1.54, 1.807) is 24.1 Å².